The molecule has 2 heterocycles. The molecule has 1 unspecified atom stereocenters. The van der Waals surface area contributed by atoms with Crippen LogP contribution in [0.5, 0.6) is 0 Å². The summed E-state index contributed by atoms with van der Waals surface area (Å²) < 4.78 is 0. The van der Waals surface area contributed by atoms with Gasteiger partial charge in [-0.3, -0.25) is 0 Å². The van der Waals surface area contributed by atoms with E-state index in [-0.39, 0.29) is 0 Å². The van der Waals surface area contributed by atoms with Crippen LogP contribution in [0, 0.1) is 13.8 Å². The zero-order chi connectivity index (χ0) is 18.0. The lowest BCUT2D eigenvalue weighted by molar-refractivity contribution is 0.212. The van der Waals surface area contributed by atoms with E-state index in [1.165, 1.54) is 11.3 Å². The Morgan fingerprint density at radius 3 is 2.72 bits per heavy atom. The molecule has 3 N–H and O–H groups in total. The highest BCUT2D eigenvalue weighted by Crippen LogP contribution is 2.31. The van der Waals surface area contributed by atoms with Gasteiger partial charge in [-0.15, -0.1) is 0 Å². The summed E-state index contributed by atoms with van der Waals surface area (Å²) >= 11 is 13.4. The average molecular weight is 396 g/mol. The molecule has 130 valence electrons. The molecule has 1 atom stereocenters. The quantitative estimate of drug-likeness (QED) is 0.428. The van der Waals surface area contributed by atoms with Gasteiger partial charge in [-0.05, 0) is 25.5 Å². The van der Waals surface area contributed by atoms with Crippen molar-refractivity contribution in [3.8, 4) is 0 Å². The van der Waals surface area contributed by atoms with E-state index in [1.807, 2.05) is 19.1 Å². The second-order valence-corrected chi connectivity index (χ2v) is 7.15. The van der Waals surface area contributed by atoms with Gasteiger partial charge in [0.2, 0.25) is 0 Å². The smallest absolute Gasteiger partial charge is 0.188 e. The molecule has 3 rings (SSSR count). The zero-order valence-corrected chi connectivity index (χ0v) is 15.7. The number of aryl methyl sites for hydroxylation is 2. The first-order valence-electron chi connectivity index (χ1n) is 7.36. The standard InChI is InChI=1S/C16H15Cl2N5OS/c1-8-4-3-5-10(17)14(8)23-15(24)11-7-19-16(25-11)22-13-6-12(18)20-9(2)21-13/h3-7,15,23-24H,1-2H3,(H,19,20,21,22). The molecule has 0 bridgehead atoms. The summed E-state index contributed by atoms with van der Waals surface area (Å²) in [6.07, 6.45) is 0.661. The Kier molecular flexibility index (Phi) is 5.39. The number of aromatic nitrogens is 3. The Balaban J connectivity index is 1.74. The van der Waals surface area contributed by atoms with Crippen molar-refractivity contribution in [3.05, 3.63) is 56.9 Å². The number of hydrogen-bond donors (Lipinski definition) is 3. The minimum atomic E-state index is -0.928. The van der Waals surface area contributed by atoms with Crippen molar-refractivity contribution in [2.45, 2.75) is 20.1 Å². The van der Waals surface area contributed by atoms with Gasteiger partial charge < -0.3 is 15.7 Å². The lowest BCUT2D eigenvalue weighted by Crippen LogP contribution is -2.09. The maximum absolute atomic E-state index is 10.4. The summed E-state index contributed by atoms with van der Waals surface area (Å²) in [5.41, 5.74) is 1.64. The van der Waals surface area contributed by atoms with Crippen LogP contribution >= 0.6 is 34.5 Å². The molecule has 0 saturated carbocycles. The predicted molar refractivity (Wildman–Crippen MR) is 102 cm³/mol. The number of halogens is 2. The first-order chi connectivity index (χ1) is 11.9. The summed E-state index contributed by atoms with van der Waals surface area (Å²) in [5, 5.41) is 18.0. The second-order valence-electron chi connectivity index (χ2n) is 5.29. The number of aliphatic hydroxyl groups excluding tert-OH is 1. The van der Waals surface area contributed by atoms with Crippen LogP contribution in [0.3, 0.4) is 0 Å². The van der Waals surface area contributed by atoms with E-state index in [0.717, 1.165) is 5.56 Å². The van der Waals surface area contributed by atoms with E-state index in [4.69, 9.17) is 23.2 Å². The fourth-order valence-corrected chi connectivity index (χ4v) is 3.46. The molecule has 0 radical (unpaired) electrons. The van der Waals surface area contributed by atoms with Gasteiger partial charge in [-0.1, -0.05) is 46.7 Å². The van der Waals surface area contributed by atoms with Gasteiger partial charge >= 0.3 is 0 Å². The summed E-state index contributed by atoms with van der Waals surface area (Å²) in [6, 6.07) is 7.16. The topological polar surface area (TPSA) is 83.0 Å². The van der Waals surface area contributed by atoms with Crippen molar-refractivity contribution < 1.29 is 5.11 Å². The number of nitrogens with one attached hydrogen (secondary N) is 2. The molecule has 3 aromatic rings. The summed E-state index contributed by atoms with van der Waals surface area (Å²) in [6.45, 7) is 3.67. The van der Waals surface area contributed by atoms with Crippen LogP contribution in [-0.4, -0.2) is 20.1 Å². The maximum atomic E-state index is 10.4. The lowest BCUT2D eigenvalue weighted by Gasteiger charge is -2.15. The maximum Gasteiger partial charge on any atom is 0.188 e. The third-order valence-electron chi connectivity index (χ3n) is 3.34. The van der Waals surface area contributed by atoms with E-state index in [1.54, 1.807) is 25.3 Å². The number of rotatable bonds is 5. The minimum Gasteiger partial charge on any atom is -0.369 e. The highest BCUT2D eigenvalue weighted by molar-refractivity contribution is 7.15. The molecule has 0 spiro atoms. The van der Waals surface area contributed by atoms with Crippen molar-refractivity contribution in [2.24, 2.45) is 0 Å². The number of aliphatic hydroxyl groups is 1. The molecule has 1 aromatic carbocycles. The highest BCUT2D eigenvalue weighted by atomic mass is 35.5. The van der Waals surface area contributed by atoms with Crippen LogP contribution < -0.4 is 10.6 Å². The molecule has 0 fully saturated rings. The number of hydrogen-bond acceptors (Lipinski definition) is 7. The molecular formula is C16H15Cl2N5OS. The Hall–Kier alpha value is -1.93. The fourth-order valence-electron chi connectivity index (χ4n) is 2.20. The Bertz CT molecular complexity index is 861. The van der Waals surface area contributed by atoms with Gasteiger partial charge in [-0.25, -0.2) is 15.0 Å². The van der Waals surface area contributed by atoms with Crippen molar-refractivity contribution >= 4 is 51.2 Å². The first-order valence-corrected chi connectivity index (χ1v) is 8.93. The van der Waals surface area contributed by atoms with Gasteiger partial charge in [0.05, 0.1) is 15.6 Å². The molecule has 25 heavy (non-hydrogen) atoms. The van der Waals surface area contributed by atoms with Crippen LogP contribution in [0.4, 0.5) is 16.6 Å². The molecule has 9 heteroatoms. The lowest BCUT2D eigenvalue weighted by atomic mass is 10.2. The van der Waals surface area contributed by atoms with E-state index in [9.17, 15) is 5.11 Å². The second kappa shape index (κ2) is 7.53. The van der Waals surface area contributed by atoms with Crippen LogP contribution in [0.15, 0.2) is 30.5 Å². The van der Waals surface area contributed by atoms with Gasteiger partial charge in [0.15, 0.2) is 11.4 Å². The molecule has 0 saturated heterocycles. The van der Waals surface area contributed by atoms with E-state index in [2.05, 4.69) is 25.6 Å². The van der Waals surface area contributed by atoms with Gasteiger partial charge in [-0.2, -0.15) is 0 Å². The van der Waals surface area contributed by atoms with E-state index < -0.39 is 6.23 Å². The Morgan fingerprint density at radius 2 is 2.00 bits per heavy atom. The van der Waals surface area contributed by atoms with Crippen LogP contribution in [-0.2, 0) is 0 Å². The van der Waals surface area contributed by atoms with E-state index >= 15 is 0 Å². The molecule has 0 amide bonds. The Labute approximate surface area is 158 Å². The minimum absolute atomic E-state index is 0.350. The predicted octanol–water partition coefficient (Wildman–Crippen LogP) is 4.70. The summed E-state index contributed by atoms with van der Waals surface area (Å²) in [7, 11) is 0. The van der Waals surface area contributed by atoms with Crippen molar-refractivity contribution in [2.75, 3.05) is 10.6 Å². The molecule has 0 aliphatic heterocycles. The van der Waals surface area contributed by atoms with Crippen LogP contribution in [0.1, 0.15) is 22.5 Å². The number of benzene rings is 1. The summed E-state index contributed by atoms with van der Waals surface area (Å²) in [4.78, 5) is 13.1. The van der Waals surface area contributed by atoms with Crippen molar-refractivity contribution in [3.63, 3.8) is 0 Å². The molecule has 0 aliphatic rings. The van der Waals surface area contributed by atoms with Crippen molar-refractivity contribution in [1.29, 1.82) is 0 Å². The normalized spacial score (nSPS) is 12.0. The van der Waals surface area contributed by atoms with Crippen LogP contribution in [0.25, 0.3) is 0 Å². The molecule has 6 nitrogen and oxygen atoms in total. The number of para-hydroxylation sites is 1. The monoisotopic (exact) mass is 395 g/mol. The Morgan fingerprint density at radius 1 is 1.20 bits per heavy atom. The first kappa shape index (κ1) is 17.9. The molecule has 2 aromatic heterocycles. The molecular weight excluding hydrogens is 381 g/mol. The van der Waals surface area contributed by atoms with E-state index in [0.29, 0.717) is 37.5 Å². The molecule has 0 aliphatic carbocycles. The largest absolute Gasteiger partial charge is 0.369 e. The summed E-state index contributed by atoms with van der Waals surface area (Å²) in [5.74, 6) is 1.10. The van der Waals surface area contributed by atoms with Gasteiger partial charge in [0.1, 0.15) is 16.8 Å². The third-order valence-corrected chi connectivity index (χ3v) is 4.81. The zero-order valence-electron chi connectivity index (χ0n) is 13.4. The van der Waals surface area contributed by atoms with Gasteiger partial charge in [0.25, 0.3) is 0 Å². The average Bonchev–Trinajstić information content (AvgIpc) is 2.98. The number of anilines is 3. The van der Waals surface area contributed by atoms with Crippen molar-refractivity contribution in [1.82, 2.24) is 15.0 Å². The fraction of sp³-hybridized carbons (Fsp3) is 0.188. The highest BCUT2D eigenvalue weighted by Gasteiger charge is 2.15. The third kappa shape index (κ3) is 4.38. The van der Waals surface area contributed by atoms with Gasteiger partial charge in [0, 0.05) is 12.3 Å². The number of nitrogens with zero attached hydrogens (tertiary/aromatic N) is 3. The SMILES string of the molecule is Cc1nc(Cl)cc(Nc2ncc(C(O)Nc3c(C)cccc3Cl)s2)n1. The number of thiazole rings is 1. The van der Waals surface area contributed by atoms with Crippen LogP contribution in [0.2, 0.25) is 10.2 Å².